The van der Waals surface area contributed by atoms with Gasteiger partial charge in [0.1, 0.15) is 27.6 Å². The number of rotatable bonds is 9. The maximum absolute atomic E-state index is 12.3. The number of phenols is 1. The maximum atomic E-state index is 12.3. The van der Waals surface area contributed by atoms with Crippen molar-refractivity contribution >= 4 is 94.8 Å². The second-order valence-electron chi connectivity index (χ2n) is 11.1. The zero-order valence-electron chi connectivity index (χ0n) is 26.9. The van der Waals surface area contributed by atoms with E-state index in [1.807, 2.05) is 0 Å². The molecule has 0 unspecified atom stereocenters. The molecule has 18 heteroatoms. The fourth-order valence-electron chi connectivity index (χ4n) is 4.78. The topological polar surface area (TPSA) is 304 Å². The van der Waals surface area contributed by atoms with Gasteiger partial charge >= 0.3 is 0 Å². The molecule has 0 amide bonds. The molecule has 0 atom stereocenters. The van der Waals surface area contributed by atoms with Gasteiger partial charge in [0.15, 0.2) is 5.75 Å². The van der Waals surface area contributed by atoms with Gasteiger partial charge in [-0.3, -0.25) is 4.55 Å². The molecule has 0 saturated heterocycles. The van der Waals surface area contributed by atoms with Crippen LogP contribution in [0.4, 0.5) is 73.9 Å². The molecular weight excluding hydrogens is 687 g/mol. The summed E-state index contributed by atoms with van der Waals surface area (Å²) in [7, 11) is -4.86. The van der Waals surface area contributed by atoms with Crippen molar-refractivity contribution in [3.05, 3.63) is 103 Å². The van der Waals surface area contributed by atoms with Gasteiger partial charge in [0.2, 0.25) is 0 Å². The van der Waals surface area contributed by atoms with Crippen LogP contribution in [0.3, 0.4) is 0 Å². The van der Waals surface area contributed by atoms with E-state index in [4.69, 9.17) is 28.7 Å². The van der Waals surface area contributed by atoms with Crippen molar-refractivity contribution in [2.24, 2.45) is 40.9 Å². The first kappa shape index (κ1) is 34.5. The Morgan fingerprint density at radius 2 is 0.885 bits per heavy atom. The molecule has 260 valence electrons. The molecule has 0 bridgehead atoms. The number of nitrogens with zero attached hydrogens (tertiary/aromatic N) is 8. The lowest BCUT2D eigenvalue weighted by molar-refractivity contribution is 0.472. The summed E-state index contributed by atoms with van der Waals surface area (Å²) in [5.41, 5.74) is 33.6. The van der Waals surface area contributed by atoms with Crippen molar-refractivity contribution in [3.8, 4) is 5.75 Å². The molecule has 52 heavy (non-hydrogen) atoms. The second-order valence-corrected chi connectivity index (χ2v) is 12.5. The Bertz CT molecular complexity index is 2560. The lowest BCUT2D eigenvalue weighted by Gasteiger charge is -2.11. The molecule has 0 radical (unpaired) electrons. The maximum Gasteiger partial charge on any atom is 0.296 e. The van der Waals surface area contributed by atoms with Gasteiger partial charge in [-0.15, -0.1) is 20.5 Å². The van der Waals surface area contributed by atoms with Crippen molar-refractivity contribution in [2.45, 2.75) is 4.90 Å². The molecule has 0 spiro atoms. The lowest BCUT2D eigenvalue weighted by Crippen LogP contribution is -2.00. The van der Waals surface area contributed by atoms with Gasteiger partial charge in [0.05, 0.1) is 45.2 Å². The molecule has 6 aromatic rings. The summed E-state index contributed by atoms with van der Waals surface area (Å²) in [6.45, 7) is 0. The minimum absolute atomic E-state index is 0.0215. The zero-order valence-corrected chi connectivity index (χ0v) is 27.7. The number of aromatic hydroxyl groups is 1. The van der Waals surface area contributed by atoms with Crippen LogP contribution in [-0.4, -0.2) is 18.1 Å². The first-order valence-corrected chi connectivity index (χ1v) is 16.5. The van der Waals surface area contributed by atoms with Crippen molar-refractivity contribution in [3.63, 3.8) is 0 Å². The van der Waals surface area contributed by atoms with E-state index in [1.54, 1.807) is 72.8 Å². The normalized spacial score (nSPS) is 12.2. The molecule has 0 aliphatic heterocycles. The van der Waals surface area contributed by atoms with Gasteiger partial charge in [0, 0.05) is 11.4 Å². The Morgan fingerprint density at radius 3 is 1.31 bits per heavy atom. The van der Waals surface area contributed by atoms with Gasteiger partial charge < -0.3 is 33.8 Å². The summed E-state index contributed by atoms with van der Waals surface area (Å²) in [5.74, 6) is -0.647. The Morgan fingerprint density at radius 1 is 0.481 bits per heavy atom. The van der Waals surface area contributed by atoms with E-state index in [-0.39, 0.29) is 27.8 Å². The highest BCUT2D eigenvalue weighted by atomic mass is 32.2. The first-order chi connectivity index (χ1) is 24.9. The molecule has 17 nitrogen and oxygen atoms in total. The Hall–Kier alpha value is -7.31. The highest BCUT2D eigenvalue weighted by Gasteiger charge is 2.24. The van der Waals surface area contributed by atoms with E-state index >= 15 is 0 Å². The highest BCUT2D eigenvalue weighted by molar-refractivity contribution is 7.86. The third kappa shape index (κ3) is 7.77. The number of phenolic OH excluding ortho intramolecular Hbond substituents is 1. The van der Waals surface area contributed by atoms with Gasteiger partial charge in [0.25, 0.3) is 10.1 Å². The summed E-state index contributed by atoms with van der Waals surface area (Å²) in [6, 6.07) is 26.7. The van der Waals surface area contributed by atoms with Crippen molar-refractivity contribution in [1.82, 2.24) is 0 Å². The number of anilines is 5. The van der Waals surface area contributed by atoms with Crippen LogP contribution in [0.5, 0.6) is 5.75 Å². The van der Waals surface area contributed by atoms with Gasteiger partial charge in [-0.2, -0.15) is 28.9 Å². The molecule has 0 aromatic heterocycles. The average molecular weight is 716 g/mol. The fraction of sp³-hybridized carbons (Fsp3) is 0. The van der Waals surface area contributed by atoms with E-state index in [2.05, 4.69) is 40.9 Å². The third-order valence-corrected chi connectivity index (χ3v) is 8.27. The van der Waals surface area contributed by atoms with E-state index in [9.17, 15) is 18.1 Å². The number of benzene rings is 6. The number of nitrogen functional groups attached to an aromatic ring is 5. The summed E-state index contributed by atoms with van der Waals surface area (Å²) in [4.78, 5) is -0.683. The predicted molar refractivity (Wildman–Crippen MR) is 200 cm³/mol. The molecule has 0 heterocycles. The van der Waals surface area contributed by atoms with Crippen LogP contribution in [0.25, 0.3) is 10.8 Å². The molecule has 6 rings (SSSR count). The summed E-state index contributed by atoms with van der Waals surface area (Å²) >= 11 is 0. The van der Waals surface area contributed by atoms with Crippen molar-refractivity contribution in [2.75, 3.05) is 28.7 Å². The van der Waals surface area contributed by atoms with E-state index in [0.717, 1.165) is 6.07 Å². The van der Waals surface area contributed by atoms with Crippen LogP contribution in [0, 0.1) is 0 Å². The molecule has 0 saturated carbocycles. The van der Waals surface area contributed by atoms with E-state index in [0.29, 0.717) is 51.2 Å². The standard InChI is InChI=1S/C34H29N13O4S/c35-19-2-13-27(25(37)16-19)44-40-21-4-6-23(7-5-21)42-46-29-12-1-18-15-30(52(49,50)51)33(34(48)31(18)32(29)39)47-43-24-10-8-22(9-11-24)41-45-28-14-3-20(36)17-26(28)38/h1-17,48H,35-39H2,(H,49,50,51). The summed E-state index contributed by atoms with van der Waals surface area (Å²) in [5, 5.41) is 44.5. The van der Waals surface area contributed by atoms with Crippen LogP contribution in [-0.2, 0) is 10.1 Å². The smallest absolute Gasteiger partial charge is 0.296 e. The lowest BCUT2D eigenvalue weighted by atomic mass is 10.1. The summed E-state index contributed by atoms with van der Waals surface area (Å²) < 4.78 is 34.6. The Labute approximate surface area is 295 Å². The number of hydrogen-bond acceptors (Lipinski definition) is 16. The largest absolute Gasteiger partial charge is 0.505 e. The minimum Gasteiger partial charge on any atom is -0.505 e. The van der Waals surface area contributed by atoms with Gasteiger partial charge in [-0.25, -0.2) is 0 Å². The monoisotopic (exact) mass is 715 g/mol. The molecule has 12 N–H and O–H groups in total. The summed E-state index contributed by atoms with van der Waals surface area (Å²) in [6.07, 6.45) is 0. The molecule has 0 aliphatic rings. The number of nitrogens with two attached hydrogens (primary N) is 5. The zero-order chi connectivity index (χ0) is 37.0. The highest BCUT2D eigenvalue weighted by Crippen LogP contribution is 2.46. The van der Waals surface area contributed by atoms with Crippen molar-refractivity contribution in [1.29, 1.82) is 0 Å². The van der Waals surface area contributed by atoms with Crippen LogP contribution in [0.1, 0.15) is 0 Å². The van der Waals surface area contributed by atoms with Gasteiger partial charge in [-0.05, 0) is 102 Å². The van der Waals surface area contributed by atoms with E-state index < -0.39 is 26.5 Å². The number of azo groups is 4. The quantitative estimate of drug-likeness (QED) is 0.0425. The number of fused-ring (bicyclic) bond motifs is 1. The molecule has 0 fully saturated rings. The second kappa shape index (κ2) is 14.3. The SMILES string of the molecule is Nc1ccc(N=Nc2ccc(N=Nc3ccc4cc(S(=O)(=O)O)c(N=Nc5ccc(N=Nc6ccc(N)cc6N)cc5)c(O)c4c3N)cc2)c(N)c1. The first-order valence-electron chi connectivity index (χ1n) is 15.1. The van der Waals surface area contributed by atoms with Crippen molar-refractivity contribution < 1.29 is 18.1 Å². The van der Waals surface area contributed by atoms with Crippen LogP contribution in [0.2, 0.25) is 0 Å². The third-order valence-electron chi connectivity index (χ3n) is 7.40. The number of hydrogen-bond donors (Lipinski definition) is 7. The minimum atomic E-state index is -4.86. The van der Waals surface area contributed by atoms with Crippen LogP contribution in [0.15, 0.2) is 149 Å². The van der Waals surface area contributed by atoms with Crippen LogP contribution < -0.4 is 28.7 Å². The average Bonchev–Trinajstić information content (AvgIpc) is 3.10. The van der Waals surface area contributed by atoms with Gasteiger partial charge in [-0.1, -0.05) is 6.07 Å². The van der Waals surface area contributed by atoms with Crippen LogP contribution >= 0.6 is 0 Å². The fourth-order valence-corrected chi connectivity index (χ4v) is 5.44. The Balaban J connectivity index is 1.25. The molecule has 6 aromatic carbocycles. The Kier molecular flexibility index (Phi) is 9.48. The molecular formula is C34H29N13O4S. The van der Waals surface area contributed by atoms with E-state index in [1.165, 1.54) is 24.3 Å². The molecule has 0 aliphatic carbocycles. The predicted octanol–water partition coefficient (Wildman–Crippen LogP) is 9.36.